The minimum absolute atomic E-state index is 0.753. The molecule has 0 saturated carbocycles. The number of hydrogen-bond acceptors (Lipinski definition) is 4. The lowest BCUT2D eigenvalue weighted by Gasteiger charge is -2.41. The third-order valence-corrected chi connectivity index (χ3v) is 6.21. The number of hydrogen-bond donors (Lipinski definition) is 0. The summed E-state index contributed by atoms with van der Waals surface area (Å²) in [6.45, 7) is 9.28. The van der Waals surface area contributed by atoms with Crippen molar-refractivity contribution in [3.63, 3.8) is 0 Å². The van der Waals surface area contributed by atoms with Crippen molar-refractivity contribution in [1.29, 1.82) is 0 Å². The van der Waals surface area contributed by atoms with Crippen molar-refractivity contribution in [2.45, 2.75) is 38.6 Å². The summed E-state index contributed by atoms with van der Waals surface area (Å²) in [5.41, 5.74) is 3.71. The van der Waals surface area contributed by atoms with Crippen LogP contribution in [0.1, 0.15) is 31.9 Å². The van der Waals surface area contributed by atoms with E-state index in [0.717, 1.165) is 31.1 Å². The van der Waals surface area contributed by atoms with Gasteiger partial charge in [0.15, 0.2) is 0 Å². The topological polar surface area (TPSA) is 22.6 Å². The van der Waals surface area contributed by atoms with Crippen molar-refractivity contribution in [1.82, 2.24) is 14.8 Å². The third kappa shape index (κ3) is 3.72. The molecule has 26 heavy (non-hydrogen) atoms. The number of aromatic nitrogens is 1. The van der Waals surface area contributed by atoms with Crippen molar-refractivity contribution < 1.29 is 0 Å². The SMILES string of the molecule is CCc1cc(N2CCN(CC3CCCCN3C)CC2)c2ccccc2n1. The molecule has 2 aromatic rings. The van der Waals surface area contributed by atoms with Crippen LogP contribution in [0.15, 0.2) is 30.3 Å². The minimum atomic E-state index is 0.753. The van der Waals surface area contributed by atoms with Crippen LogP contribution < -0.4 is 4.90 Å². The van der Waals surface area contributed by atoms with Gasteiger partial charge in [0.05, 0.1) is 5.52 Å². The maximum absolute atomic E-state index is 4.81. The summed E-state index contributed by atoms with van der Waals surface area (Å²) in [6.07, 6.45) is 5.13. The van der Waals surface area contributed by atoms with Gasteiger partial charge in [0.1, 0.15) is 0 Å². The van der Waals surface area contributed by atoms with Gasteiger partial charge >= 0.3 is 0 Å². The summed E-state index contributed by atoms with van der Waals surface area (Å²) < 4.78 is 0. The van der Waals surface area contributed by atoms with E-state index in [1.807, 2.05) is 0 Å². The first kappa shape index (κ1) is 17.7. The molecular formula is C22H32N4. The van der Waals surface area contributed by atoms with Gasteiger partial charge in [-0.2, -0.15) is 0 Å². The predicted molar refractivity (Wildman–Crippen MR) is 110 cm³/mol. The summed E-state index contributed by atoms with van der Waals surface area (Å²) in [7, 11) is 2.30. The fraction of sp³-hybridized carbons (Fsp3) is 0.591. The summed E-state index contributed by atoms with van der Waals surface area (Å²) >= 11 is 0. The lowest BCUT2D eigenvalue weighted by molar-refractivity contribution is 0.125. The monoisotopic (exact) mass is 352 g/mol. The number of rotatable bonds is 4. The molecular weight excluding hydrogens is 320 g/mol. The standard InChI is InChI=1S/C22H32N4/c1-3-18-16-22(20-9-4-5-10-21(20)23-18)26-14-12-25(13-15-26)17-19-8-6-7-11-24(19)2/h4-5,9-10,16,19H,3,6-8,11-15,17H2,1-2H3. The van der Waals surface area contributed by atoms with Gasteiger partial charge in [-0.1, -0.05) is 31.5 Å². The summed E-state index contributed by atoms with van der Waals surface area (Å²) in [5.74, 6) is 0. The molecule has 0 spiro atoms. The highest BCUT2D eigenvalue weighted by molar-refractivity contribution is 5.92. The Bertz CT molecular complexity index is 736. The number of likely N-dealkylation sites (N-methyl/N-ethyl adjacent to an activating group) is 1. The number of pyridine rings is 1. The first-order valence-corrected chi connectivity index (χ1v) is 10.3. The fourth-order valence-electron chi connectivity index (χ4n) is 4.50. The van der Waals surface area contributed by atoms with Gasteiger partial charge in [-0.3, -0.25) is 9.88 Å². The lowest BCUT2D eigenvalue weighted by atomic mass is 10.0. The van der Waals surface area contributed by atoms with Crippen molar-refractivity contribution in [2.24, 2.45) is 0 Å². The lowest BCUT2D eigenvalue weighted by Crippen LogP contribution is -2.52. The molecule has 1 aromatic carbocycles. The molecule has 140 valence electrons. The number of likely N-dealkylation sites (tertiary alicyclic amines) is 1. The van der Waals surface area contributed by atoms with Gasteiger partial charge in [-0.15, -0.1) is 0 Å². The smallest absolute Gasteiger partial charge is 0.0726 e. The third-order valence-electron chi connectivity index (χ3n) is 6.21. The molecule has 0 bridgehead atoms. The van der Waals surface area contributed by atoms with Crippen LogP contribution in [0.2, 0.25) is 0 Å². The highest BCUT2D eigenvalue weighted by atomic mass is 15.3. The molecule has 0 N–H and O–H groups in total. The molecule has 1 aromatic heterocycles. The van der Waals surface area contributed by atoms with Gasteiger partial charge < -0.3 is 9.80 Å². The van der Waals surface area contributed by atoms with Crippen molar-refractivity contribution >= 4 is 16.6 Å². The van der Waals surface area contributed by atoms with Crippen molar-refractivity contribution in [2.75, 3.05) is 51.2 Å². The molecule has 2 fully saturated rings. The van der Waals surface area contributed by atoms with Crippen LogP contribution in [0.3, 0.4) is 0 Å². The molecule has 0 aliphatic carbocycles. The van der Waals surface area contributed by atoms with E-state index in [1.54, 1.807) is 0 Å². The number of aryl methyl sites for hydroxylation is 1. The van der Waals surface area contributed by atoms with Gasteiger partial charge in [-0.25, -0.2) is 0 Å². The number of piperazine rings is 1. The number of para-hydroxylation sites is 1. The average Bonchev–Trinajstić information content (AvgIpc) is 2.69. The molecule has 3 heterocycles. The Kier molecular flexibility index (Phi) is 5.41. The normalized spacial score (nSPS) is 22.8. The Labute approximate surface area is 157 Å². The summed E-state index contributed by atoms with van der Waals surface area (Å²) in [6, 6.07) is 11.7. The Morgan fingerprint density at radius 2 is 1.85 bits per heavy atom. The molecule has 4 heteroatoms. The molecule has 4 nitrogen and oxygen atoms in total. The minimum Gasteiger partial charge on any atom is -0.368 e. The van der Waals surface area contributed by atoms with Gasteiger partial charge in [0.25, 0.3) is 0 Å². The van der Waals surface area contributed by atoms with Crippen LogP contribution >= 0.6 is 0 Å². The van der Waals surface area contributed by atoms with E-state index < -0.39 is 0 Å². The molecule has 2 aliphatic rings. The van der Waals surface area contributed by atoms with Crippen LogP contribution in [-0.4, -0.2) is 67.1 Å². The van der Waals surface area contributed by atoms with E-state index in [9.17, 15) is 0 Å². The average molecular weight is 353 g/mol. The van der Waals surface area contributed by atoms with Gasteiger partial charge in [0, 0.05) is 55.5 Å². The van der Waals surface area contributed by atoms with Crippen LogP contribution in [0, 0.1) is 0 Å². The molecule has 0 amide bonds. The second kappa shape index (κ2) is 7.93. The van der Waals surface area contributed by atoms with Crippen LogP contribution in [0.25, 0.3) is 10.9 Å². The number of nitrogens with zero attached hydrogens (tertiary/aromatic N) is 4. The predicted octanol–water partition coefficient (Wildman–Crippen LogP) is 3.40. The maximum Gasteiger partial charge on any atom is 0.0726 e. The van der Waals surface area contributed by atoms with Crippen molar-refractivity contribution in [3.8, 4) is 0 Å². The molecule has 1 unspecified atom stereocenters. The highest BCUT2D eigenvalue weighted by Gasteiger charge is 2.25. The molecule has 2 aliphatic heterocycles. The number of benzene rings is 1. The van der Waals surface area contributed by atoms with Crippen LogP contribution in [-0.2, 0) is 6.42 Å². The van der Waals surface area contributed by atoms with Gasteiger partial charge in [0.2, 0.25) is 0 Å². The van der Waals surface area contributed by atoms with E-state index in [-0.39, 0.29) is 0 Å². The Balaban J connectivity index is 1.45. The van der Waals surface area contributed by atoms with Crippen LogP contribution in [0.5, 0.6) is 0 Å². The first-order chi connectivity index (χ1) is 12.7. The molecule has 1 atom stereocenters. The number of anilines is 1. The Morgan fingerprint density at radius 3 is 2.62 bits per heavy atom. The zero-order valence-electron chi connectivity index (χ0n) is 16.3. The zero-order valence-corrected chi connectivity index (χ0v) is 16.3. The fourth-order valence-corrected chi connectivity index (χ4v) is 4.50. The Morgan fingerprint density at radius 1 is 1.04 bits per heavy atom. The summed E-state index contributed by atoms with van der Waals surface area (Å²) in [5, 5.41) is 1.30. The zero-order chi connectivity index (χ0) is 17.9. The highest BCUT2D eigenvalue weighted by Crippen LogP contribution is 2.28. The van der Waals surface area contributed by atoms with Crippen molar-refractivity contribution in [3.05, 3.63) is 36.0 Å². The largest absolute Gasteiger partial charge is 0.368 e. The van der Waals surface area contributed by atoms with E-state index in [1.165, 1.54) is 62.2 Å². The molecule has 2 saturated heterocycles. The second-order valence-electron chi connectivity index (χ2n) is 7.92. The van der Waals surface area contributed by atoms with E-state index in [2.05, 4.69) is 59.0 Å². The molecule has 0 radical (unpaired) electrons. The maximum atomic E-state index is 4.81. The summed E-state index contributed by atoms with van der Waals surface area (Å²) in [4.78, 5) is 12.6. The van der Waals surface area contributed by atoms with E-state index in [0.29, 0.717) is 0 Å². The molecule has 4 rings (SSSR count). The number of piperidine rings is 1. The van der Waals surface area contributed by atoms with E-state index >= 15 is 0 Å². The first-order valence-electron chi connectivity index (χ1n) is 10.3. The quantitative estimate of drug-likeness (QED) is 0.841. The van der Waals surface area contributed by atoms with Crippen LogP contribution in [0.4, 0.5) is 5.69 Å². The second-order valence-corrected chi connectivity index (χ2v) is 7.92. The Hall–Kier alpha value is -1.65. The van der Waals surface area contributed by atoms with Gasteiger partial charge in [-0.05, 0) is 45.0 Å². The number of fused-ring (bicyclic) bond motifs is 1. The van der Waals surface area contributed by atoms with E-state index in [4.69, 9.17) is 4.98 Å².